The first-order valence-corrected chi connectivity index (χ1v) is 8.60. The summed E-state index contributed by atoms with van der Waals surface area (Å²) in [5.74, 6) is 1.92. The van der Waals surface area contributed by atoms with E-state index in [4.69, 9.17) is 11.6 Å². The molecular formula is C18H27ClFN. The summed E-state index contributed by atoms with van der Waals surface area (Å²) >= 11 is 6.03. The maximum atomic E-state index is 14.0. The smallest absolute Gasteiger partial charge is 0.126 e. The van der Waals surface area contributed by atoms with Gasteiger partial charge in [-0.15, -0.1) is 0 Å². The van der Waals surface area contributed by atoms with Gasteiger partial charge in [0, 0.05) is 5.02 Å². The zero-order chi connectivity index (χ0) is 15.2. The molecule has 1 saturated carbocycles. The fourth-order valence-corrected chi connectivity index (χ4v) is 4.05. The van der Waals surface area contributed by atoms with Crippen LogP contribution >= 0.6 is 11.6 Å². The van der Waals surface area contributed by atoms with Gasteiger partial charge in [0.25, 0.3) is 0 Å². The van der Waals surface area contributed by atoms with Gasteiger partial charge in [-0.05, 0) is 74.4 Å². The van der Waals surface area contributed by atoms with E-state index in [0.717, 1.165) is 24.4 Å². The van der Waals surface area contributed by atoms with Crippen LogP contribution in [0.5, 0.6) is 0 Å². The van der Waals surface area contributed by atoms with Crippen LogP contribution in [0.3, 0.4) is 0 Å². The molecule has 1 aromatic rings. The molecule has 1 nitrogen and oxygen atoms in total. The molecule has 0 spiro atoms. The molecule has 3 atom stereocenters. The minimum absolute atomic E-state index is 0.111. The Balaban J connectivity index is 2.09. The van der Waals surface area contributed by atoms with Crippen molar-refractivity contribution in [3.05, 3.63) is 34.6 Å². The third-order valence-corrected chi connectivity index (χ3v) is 5.14. The van der Waals surface area contributed by atoms with E-state index in [1.54, 1.807) is 12.1 Å². The fraction of sp³-hybridized carbons (Fsp3) is 0.667. The monoisotopic (exact) mass is 311 g/mol. The van der Waals surface area contributed by atoms with E-state index in [-0.39, 0.29) is 5.82 Å². The lowest BCUT2D eigenvalue weighted by Gasteiger charge is -2.36. The van der Waals surface area contributed by atoms with Crippen LogP contribution < -0.4 is 5.32 Å². The van der Waals surface area contributed by atoms with Crippen LogP contribution in [0.15, 0.2) is 18.2 Å². The van der Waals surface area contributed by atoms with E-state index in [1.807, 2.05) is 7.05 Å². The van der Waals surface area contributed by atoms with E-state index in [1.165, 1.54) is 38.2 Å². The molecule has 1 fully saturated rings. The van der Waals surface area contributed by atoms with Crippen molar-refractivity contribution >= 4 is 11.6 Å². The van der Waals surface area contributed by atoms with Gasteiger partial charge in [0.2, 0.25) is 0 Å². The van der Waals surface area contributed by atoms with Crippen LogP contribution in [0.25, 0.3) is 0 Å². The SMILES string of the molecule is CCCC1CCC(CNC)C(Cc2cc(Cl)ccc2F)C1. The number of benzene rings is 1. The number of nitrogens with one attached hydrogen (secondary N) is 1. The highest BCUT2D eigenvalue weighted by atomic mass is 35.5. The number of hydrogen-bond donors (Lipinski definition) is 1. The molecule has 0 heterocycles. The van der Waals surface area contributed by atoms with E-state index in [2.05, 4.69) is 12.2 Å². The summed E-state index contributed by atoms with van der Waals surface area (Å²) < 4.78 is 14.0. The Kier molecular flexibility index (Phi) is 6.50. The molecule has 1 aromatic carbocycles. The van der Waals surface area contributed by atoms with Gasteiger partial charge in [0.1, 0.15) is 5.82 Å². The summed E-state index contributed by atoms with van der Waals surface area (Å²) in [7, 11) is 2.01. The summed E-state index contributed by atoms with van der Waals surface area (Å²) in [5.41, 5.74) is 0.783. The molecule has 1 N–H and O–H groups in total. The predicted octanol–water partition coefficient (Wildman–Crippen LogP) is 5.07. The van der Waals surface area contributed by atoms with Crippen molar-refractivity contribution in [2.45, 2.75) is 45.4 Å². The van der Waals surface area contributed by atoms with Crippen LogP contribution in [-0.2, 0) is 6.42 Å². The normalized spacial score (nSPS) is 26.0. The summed E-state index contributed by atoms with van der Waals surface area (Å²) in [5, 5.41) is 3.94. The molecule has 1 aliphatic carbocycles. The maximum absolute atomic E-state index is 14.0. The highest BCUT2D eigenvalue weighted by Gasteiger charge is 2.30. The molecule has 21 heavy (non-hydrogen) atoms. The van der Waals surface area contributed by atoms with Crippen molar-refractivity contribution in [3.63, 3.8) is 0 Å². The van der Waals surface area contributed by atoms with Crippen LogP contribution in [-0.4, -0.2) is 13.6 Å². The van der Waals surface area contributed by atoms with E-state index >= 15 is 0 Å². The van der Waals surface area contributed by atoms with Crippen molar-refractivity contribution in [2.24, 2.45) is 17.8 Å². The topological polar surface area (TPSA) is 12.0 Å². The maximum Gasteiger partial charge on any atom is 0.126 e. The molecule has 0 amide bonds. The van der Waals surface area contributed by atoms with Crippen molar-refractivity contribution in [1.29, 1.82) is 0 Å². The molecule has 118 valence electrons. The quantitative estimate of drug-likeness (QED) is 0.773. The Morgan fingerprint density at radius 1 is 1.29 bits per heavy atom. The first-order valence-electron chi connectivity index (χ1n) is 8.22. The van der Waals surface area contributed by atoms with E-state index in [9.17, 15) is 4.39 Å². The third-order valence-electron chi connectivity index (χ3n) is 4.90. The molecular weight excluding hydrogens is 285 g/mol. The van der Waals surface area contributed by atoms with Gasteiger partial charge in [-0.25, -0.2) is 4.39 Å². The molecule has 0 radical (unpaired) electrons. The third kappa shape index (κ3) is 4.69. The van der Waals surface area contributed by atoms with Crippen molar-refractivity contribution < 1.29 is 4.39 Å². The second kappa shape index (κ2) is 8.14. The number of hydrogen-bond acceptors (Lipinski definition) is 1. The first-order chi connectivity index (χ1) is 10.1. The van der Waals surface area contributed by atoms with E-state index in [0.29, 0.717) is 16.9 Å². The zero-order valence-electron chi connectivity index (χ0n) is 13.2. The molecule has 0 saturated heterocycles. The van der Waals surface area contributed by atoms with Crippen LogP contribution in [0, 0.1) is 23.6 Å². The molecule has 0 bridgehead atoms. The van der Waals surface area contributed by atoms with Crippen LogP contribution in [0.1, 0.15) is 44.6 Å². The summed E-state index contributed by atoms with van der Waals surface area (Å²) in [6, 6.07) is 4.93. The van der Waals surface area contributed by atoms with Gasteiger partial charge < -0.3 is 5.32 Å². The van der Waals surface area contributed by atoms with Crippen LogP contribution in [0.4, 0.5) is 4.39 Å². The molecule has 1 aliphatic rings. The highest BCUT2D eigenvalue weighted by Crippen LogP contribution is 2.38. The Bertz CT molecular complexity index is 449. The second-order valence-corrected chi connectivity index (χ2v) is 6.92. The summed E-state index contributed by atoms with van der Waals surface area (Å²) in [4.78, 5) is 0. The summed E-state index contributed by atoms with van der Waals surface area (Å²) in [6.45, 7) is 3.29. The zero-order valence-corrected chi connectivity index (χ0v) is 13.9. The molecule has 3 heteroatoms. The number of halogens is 2. The van der Waals surface area contributed by atoms with E-state index < -0.39 is 0 Å². The van der Waals surface area contributed by atoms with Gasteiger partial charge in [0.05, 0.1) is 0 Å². The number of rotatable bonds is 6. The lowest BCUT2D eigenvalue weighted by Crippen LogP contribution is -2.33. The standard InChI is InChI=1S/C18H27ClFN/c1-3-4-13-5-6-14(12-21-2)15(9-13)10-16-11-17(19)7-8-18(16)20/h7-8,11,13-15,21H,3-6,9-10,12H2,1-2H3. The molecule has 0 aromatic heterocycles. The minimum atomic E-state index is -0.111. The first kappa shape index (κ1) is 16.8. The Hall–Kier alpha value is -0.600. The van der Waals surface area contributed by atoms with Gasteiger partial charge in [-0.2, -0.15) is 0 Å². The largest absolute Gasteiger partial charge is 0.319 e. The Morgan fingerprint density at radius 3 is 2.81 bits per heavy atom. The van der Waals surface area contributed by atoms with Crippen molar-refractivity contribution in [3.8, 4) is 0 Å². The average molecular weight is 312 g/mol. The fourth-order valence-electron chi connectivity index (χ4n) is 3.86. The second-order valence-electron chi connectivity index (χ2n) is 6.49. The predicted molar refractivity (Wildman–Crippen MR) is 88.3 cm³/mol. The van der Waals surface area contributed by atoms with Gasteiger partial charge in [-0.3, -0.25) is 0 Å². The summed E-state index contributed by atoms with van der Waals surface area (Å²) in [6.07, 6.45) is 7.19. The lowest BCUT2D eigenvalue weighted by molar-refractivity contribution is 0.168. The highest BCUT2D eigenvalue weighted by molar-refractivity contribution is 6.30. The van der Waals surface area contributed by atoms with Gasteiger partial charge in [-0.1, -0.05) is 37.8 Å². The Labute approximate surface area is 133 Å². The lowest BCUT2D eigenvalue weighted by atomic mass is 9.70. The molecule has 3 unspecified atom stereocenters. The average Bonchev–Trinajstić information content (AvgIpc) is 2.46. The van der Waals surface area contributed by atoms with Crippen molar-refractivity contribution in [1.82, 2.24) is 5.32 Å². The minimum Gasteiger partial charge on any atom is -0.319 e. The van der Waals surface area contributed by atoms with Gasteiger partial charge in [0.15, 0.2) is 0 Å². The van der Waals surface area contributed by atoms with Crippen LogP contribution in [0.2, 0.25) is 5.02 Å². The van der Waals surface area contributed by atoms with Crippen molar-refractivity contribution in [2.75, 3.05) is 13.6 Å². The Morgan fingerprint density at radius 2 is 2.10 bits per heavy atom. The van der Waals surface area contributed by atoms with Gasteiger partial charge >= 0.3 is 0 Å². The molecule has 0 aliphatic heterocycles. The molecule has 2 rings (SSSR count).